The number of carbonyl (C=O) groups excluding carboxylic acids is 1. The highest BCUT2D eigenvalue weighted by molar-refractivity contribution is 7.99. The van der Waals surface area contributed by atoms with Gasteiger partial charge in [-0.15, -0.1) is 24.2 Å². The van der Waals surface area contributed by atoms with Crippen LogP contribution in [-0.2, 0) is 0 Å². The smallest absolute Gasteiger partial charge is 0.255 e. The highest BCUT2D eigenvalue weighted by Gasteiger charge is 2.26. The Morgan fingerprint density at radius 1 is 1.58 bits per heavy atom. The molecule has 19 heavy (non-hydrogen) atoms. The monoisotopic (exact) mass is 320 g/mol. The molecule has 1 saturated heterocycles. The van der Waals surface area contributed by atoms with Crippen molar-refractivity contribution >= 4 is 41.7 Å². The maximum absolute atomic E-state index is 12.4. The lowest BCUT2D eigenvalue weighted by Gasteiger charge is -2.18. The third kappa shape index (κ3) is 4.02. The Labute approximate surface area is 129 Å². The predicted octanol–water partition coefficient (Wildman–Crippen LogP) is 3.05. The minimum Gasteiger partial charge on any atom is -0.337 e. The Morgan fingerprint density at radius 2 is 2.32 bits per heavy atom. The molecule has 0 bridgehead atoms. The summed E-state index contributed by atoms with van der Waals surface area (Å²) in [5.74, 6) is 0.975. The fraction of sp³-hybridized carbons (Fsp3) is 0.462. The van der Waals surface area contributed by atoms with E-state index >= 15 is 0 Å². The summed E-state index contributed by atoms with van der Waals surface area (Å²) < 4.78 is 0. The second-order valence-corrected chi connectivity index (χ2v) is 6.12. The van der Waals surface area contributed by atoms with E-state index in [-0.39, 0.29) is 24.4 Å². The van der Waals surface area contributed by atoms with Gasteiger partial charge in [-0.25, -0.2) is 0 Å². The first-order valence-corrected chi connectivity index (χ1v) is 7.45. The summed E-state index contributed by atoms with van der Waals surface area (Å²) in [6.07, 6.45) is 0.878. The summed E-state index contributed by atoms with van der Waals surface area (Å²) in [6, 6.07) is 5.60. The van der Waals surface area contributed by atoms with Crippen LogP contribution in [0.4, 0.5) is 0 Å². The number of likely N-dealkylation sites (tertiary alicyclic amines) is 1. The maximum atomic E-state index is 12.4. The lowest BCUT2D eigenvalue weighted by Crippen LogP contribution is -2.32. The molecule has 1 aromatic rings. The molecule has 0 aliphatic carbocycles. The molecule has 3 nitrogen and oxygen atoms in total. The van der Waals surface area contributed by atoms with Gasteiger partial charge in [0.25, 0.3) is 5.91 Å². The minimum absolute atomic E-state index is 0. The number of nitrogens with two attached hydrogens (primary N) is 1. The van der Waals surface area contributed by atoms with Crippen LogP contribution in [-0.4, -0.2) is 35.7 Å². The van der Waals surface area contributed by atoms with Crippen LogP contribution in [0.3, 0.4) is 0 Å². The Bertz CT molecular complexity index is 456. The number of nitrogens with zero attached hydrogens (tertiary/aromatic N) is 1. The molecular weight excluding hydrogens is 303 g/mol. The number of hydrogen-bond acceptors (Lipinski definition) is 3. The highest BCUT2D eigenvalue weighted by Crippen LogP contribution is 2.27. The summed E-state index contributed by atoms with van der Waals surface area (Å²) in [5, 5.41) is 0.599. The van der Waals surface area contributed by atoms with Gasteiger partial charge in [-0.2, -0.15) is 0 Å². The van der Waals surface area contributed by atoms with Gasteiger partial charge >= 0.3 is 0 Å². The summed E-state index contributed by atoms with van der Waals surface area (Å²) in [7, 11) is 0. The zero-order valence-electron chi connectivity index (χ0n) is 10.8. The van der Waals surface area contributed by atoms with Crippen molar-refractivity contribution in [2.45, 2.75) is 24.3 Å². The summed E-state index contributed by atoms with van der Waals surface area (Å²) >= 11 is 7.65. The largest absolute Gasteiger partial charge is 0.337 e. The first kappa shape index (κ1) is 16.6. The molecule has 0 aromatic heterocycles. The van der Waals surface area contributed by atoms with Crippen molar-refractivity contribution in [3.8, 4) is 0 Å². The lowest BCUT2D eigenvalue weighted by atomic mass is 10.2. The number of carbonyl (C=O) groups is 1. The Hall–Kier alpha value is -0.420. The van der Waals surface area contributed by atoms with E-state index in [1.807, 2.05) is 17.0 Å². The van der Waals surface area contributed by atoms with Gasteiger partial charge in [0.1, 0.15) is 0 Å². The van der Waals surface area contributed by atoms with Crippen molar-refractivity contribution in [2.75, 3.05) is 18.8 Å². The number of rotatable bonds is 3. The minimum atomic E-state index is 0. The van der Waals surface area contributed by atoms with Crippen LogP contribution < -0.4 is 5.73 Å². The van der Waals surface area contributed by atoms with Gasteiger partial charge in [0, 0.05) is 29.0 Å². The van der Waals surface area contributed by atoms with Crippen molar-refractivity contribution in [1.82, 2.24) is 4.90 Å². The first-order valence-electron chi connectivity index (χ1n) is 6.09. The molecular formula is C13H18Cl2N2OS. The normalized spacial score (nSPS) is 18.3. The maximum Gasteiger partial charge on any atom is 0.255 e. The van der Waals surface area contributed by atoms with E-state index in [1.54, 1.807) is 17.8 Å². The third-order valence-electron chi connectivity index (χ3n) is 2.98. The third-order valence-corrected chi connectivity index (χ3v) is 4.17. The van der Waals surface area contributed by atoms with E-state index in [0.717, 1.165) is 23.6 Å². The van der Waals surface area contributed by atoms with E-state index in [2.05, 4.69) is 6.92 Å². The molecule has 2 N–H and O–H groups in total. The van der Waals surface area contributed by atoms with Crippen molar-refractivity contribution in [2.24, 2.45) is 5.73 Å². The van der Waals surface area contributed by atoms with Gasteiger partial charge < -0.3 is 10.6 Å². The molecule has 1 fully saturated rings. The summed E-state index contributed by atoms with van der Waals surface area (Å²) in [5.41, 5.74) is 6.54. The number of hydrogen-bond donors (Lipinski definition) is 1. The van der Waals surface area contributed by atoms with Gasteiger partial charge in [0.15, 0.2) is 0 Å². The predicted molar refractivity (Wildman–Crippen MR) is 83.6 cm³/mol. The molecule has 2 rings (SSSR count). The standard InChI is InChI=1S/C13H17ClN2OS.ClH/c1-2-18-12-4-3-9(14)7-11(12)13(17)16-6-5-10(15)8-16;/h3-4,7,10H,2,5-6,8,15H2,1H3;1H/t10-;/m1./s1. The van der Waals surface area contributed by atoms with E-state index in [0.29, 0.717) is 17.1 Å². The van der Waals surface area contributed by atoms with Gasteiger partial charge in [0.05, 0.1) is 5.56 Å². The molecule has 106 valence electrons. The second kappa shape index (κ2) is 7.39. The van der Waals surface area contributed by atoms with Gasteiger partial charge in [-0.1, -0.05) is 18.5 Å². The van der Waals surface area contributed by atoms with E-state index < -0.39 is 0 Å². The van der Waals surface area contributed by atoms with Crippen molar-refractivity contribution in [3.63, 3.8) is 0 Å². The zero-order chi connectivity index (χ0) is 13.1. The highest BCUT2D eigenvalue weighted by atomic mass is 35.5. The topological polar surface area (TPSA) is 46.3 Å². The van der Waals surface area contributed by atoms with Gasteiger partial charge in [0.2, 0.25) is 0 Å². The Balaban J connectivity index is 0.00000180. The fourth-order valence-corrected chi connectivity index (χ4v) is 3.04. The molecule has 1 amide bonds. The number of benzene rings is 1. The number of halogens is 2. The van der Waals surface area contributed by atoms with Crippen molar-refractivity contribution in [3.05, 3.63) is 28.8 Å². The summed E-state index contributed by atoms with van der Waals surface area (Å²) in [6.45, 7) is 3.45. The van der Waals surface area contributed by atoms with Gasteiger partial charge in [-0.3, -0.25) is 4.79 Å². The molecule has 6 heteroatoms. The molecule has 1 aromatic carbocycles. The molecule has 1 aliphatic heterocycles. The molecule has 0 unspecified atom stereocenters. The molecule has 1 heterocycles. The Morgan fingerprint density at radius 3 is 2.89 bits per heavy atom. The van der Waals surface area contributed by atoms with Crippen LogP contribution in [0.1, 0.15) is 23.7 Å². The molecule has 1 aliphatic rings. The zero-order valence-corrected chi connectivity index (χ0v) is 13.2. The van der Waals surface area contributed by atoms with Crippen LogP contribution in [0.15, 0.2) is 23.1 Å². The number of thioether (sulfide) groups is 1. The van der Waals surface area contributed by atoms with Crippen molar-refractivity contribution < 1.29 is 4.79 Å². The second-order valence-electron chi connectivity index (χ2n) is 4.37. The lowest BCUT2D eigenvalue weighted by molar-refractivity contribution is 0.0787. The number of amides is 1. The van der Waals surface area contributed by atoms with Crippen LogP contribution in [0.5, 0.6) is 0 Å². The fourth-order valence-electron chi connectivity index (χ4n) is 2.09. The molecule has 1 atom stereocenters. The van der Waals surface area contributed by atoms with Crippen LogP contribution >= 0.6 is 35.8 Å². The Kier molecular flexibility index (Phi) is 6.47. The molecule has 0 radical (unpaired) electrons. The van der Waals surface area contributed by atoms with Crippen LogP contribution in [0, 0.1) is 0 Å². The quantitative estimate of drug-likeness (QED) is 0.871. The van der Waals surface area contributed by atoms with Crippen molar-refractivity contribution in [1.29, 1.82) is 0 Å². The average molecular weight is 321 g/mol. The van der Waals surface area contributed by atoms with E-state index in [4.69, 9.17) is 17.3 Å². The van der Waals surface area contributed by atoms with Gasteiger partial charge in [-0.05, 0) is 30.4 Å². The van der Waals surface area contributed by atoms with Crippen LogP contribution in [0.2, 0.25) is 5.02 Å². The first-order chi connectivity index (χ1) is 8.61. The van der Waals surface area contributed by atoms with E-state index in [9.17, 15) is 4.79 Å². The molecule has 0 saturated carbocycles. The van der Waals surface area contributed by atoms with Crippen LogP contribution in [0.25, 0.3) is 0 Å². The summed E-state index contributed by atoms with van der Waals surface area (Å²) in [4.78, 5) is 15.2. The van der Waals surface area contributed by atoms with E-state index in [1.165, 1.54) is 0 Å². The average Bonchev–Trinajstić information content (AvgIpc) is 2.77. The SMILES string of the molecule is CCSc1ccc(Cl)cc1C(=O)N1CC[C@@H](N)C1.Cl. The molecule has 0 spiro atoms.